The van der Waals surface area contributed by atoms with Crippen molar-refractivity contribution in [1.82, 2.24) is 19.9 Å². The number of furan rings is 1. The van der Waals surface area contributed by atoms with Gasteiger partial charge in [0.25, 0.3) is 0 Å². The van der Waals surface area contributed by atoms with Crippen molar-refractivity contribution in [1.29, 1.82) is 0 Å². The molecule has 0 aliphatic carbocycles. The number of rotatable bonds is 4. The van der Waals surface area contributed by atoms with Gasteiger partial charge in [-0.3, -0.25) is 0 Å². The lowest BCUT2D eigenvalue weighted by atomic mass is 10.0. The van der Waals surface area contributed by atoms with Crippen molar-refractivity contribution in [2.45, 2.75) is 0 Å². The van der Waals surface area contributed by atoms with Crippen molar-refractivity contribution in [3.8, 4) is 45.2 Å². The molecule has 0 amide bonds. The molecular formula is C32H19ClN4O. The van der Waals surface area contributed by atoms with Crippen molar-refractivity contribution in [2.24, 2.45) is 0 Å². The number of halogens is 1. The van der Waals surface area contributed by atoms with E-state index in [-0.39, 0.29) is 5.28 Å². The highest BCUT2D eigenvalue weighted by Crippen LogP contribution is 2.35. The van der Waals surface area contributed by atoms with E-state index < -0.39 is 0 Å². The predicted molar refractivity (Wildman–Crippen MR) is 152 cm³/mol. The van der Waals surface area contributed by atoms with Gasteiger partial charge in [0.2, 0.25) is 5.28 Å². The van der Waals surface area contributed by atoms with Crippen molar-refractivity contribution >= 4 is 33.7 Å². The van der Waals surface area contributed by atoms with E-state index in [1.54, 1.807) is 0 Å². The fraction of sp³-hybridized carbons (Fsp3) is 0. The van der Waals surface area contributed by atoms with E-state index in [9.17, 15) is 0 Å². The molecule has 0 unspecified atom stereocenters. The SMILES string of the molecule is Clc1nc(-c2ccc(-c3nc(-c4ccccc4)cc(-c4ccccc4)n3)cc2)c2oc3ccccc3c2n1. The zero-order valence-electron chi connectivity index (χ0n) is 20.0. The number of aromatic nitrogens is 4. The molecule has 4 aromatic carbocycles. The first-order valence-corrected chi connectivity index (χ1v) is 12.6. The molecule has 0 saturated carbocycles. The van der Waals surface area contributed by atoms with Crippen LogP contribution < -0.4 is 0 Å². The summed E-state index contributed by atoms with van der Waals surface area (Å²) in [5.74, 6) is 0.645. The van der Waals surface area contributed by atoms with E-state index in [0.717, 1.165) is 44.6 Å². The number of hydrogen-bond acceptors (Lipinski definition) is 5. The zero-order valence-corrected chi connectivity index (χ0v) is 20.8. The Morgan fingerprint density at radius 2 is 1.11 bits per heavy atom. The van der Waals surface area contributed by atoms with Crippen molar-refractivity contribution in [2.75, 3.05) is 0 Å². The van der Waals surface area contributed by atoms with Gasteiger partial charge >= 0.3 is 0 Å². The van der Waals surface area contributed by atoms with Crippen LogP contribution in [0.2, 0.25) is 5.28 Å². The molecule has 3 heterocycles. The standard InChI is InChI=1S/C32H19ClN4O/c33-32-36-28(30-29(37-32)24-13-7-8-14-27(24)38-30)22-15-17-23(18-16-22)31-34-25(20-9-3-1-4-10-20)19-26(35-31)21-11-5-2-6-12-21/h1-19H. The van der Waals surface area contributed by atoms with Gasteiger partial charge in [-0.1, -0.05) is 97.1 Å². The van der Waals surface area contributed by atoms with Gasteiger partial charge in [-0.05, 0) is 29.8 Å². The fourth-order valence-corrected chi connectivity index (χ4v) is 4.80. The first-order chi connectivity index (χ1) is 18.7. The Morgan fingerprint density at radius 3 is 1.76 bits per heavy atom. The normalized spacial score (nSPS) is 11.3. The third-order valence-corrected chi connectivity index (χ3v) is 6.64. The predicted octanol–water partition coefficient (Wildman–Crippen LogP) is 8.49. The van der Waals surface area contributed by atoms with Gasteiger partial charge in [0.05, 0.1) is 11.4 Å². The second-order valence-corrected chi connectivity index (χ2v) is 9.23. The minimum absolute atomic E-state index is 0.175. The molecule has 0 aliphatic heterocycles. The second-order valence-electron chi connectivity index (χ2n) is 8.89. The largest absolute Gasteiger partial charge is 0.452 e. The number of hydrogen-bond donors (Lipinski definition) is 0. The van der Waals surface area contributed by atoms with E-state index in [1.165, 1.54) is 0 Å². The number of benzene rings is 4. The van der Waals surface area contributed by atoms with E-state index in [1.807, 2.05) is 91.0 Å². The number of para-hydroxylation sites is 1. The van der Waals surface area contributed by atoms with Gasteiger partial charge in [0.15, 0.2) is 11.4 Å². The summed E-state index contributed by atoms with van der Waals surface area (Å²) in [6, 6.07) is 38.1. The molecule has 6 heteroatoms. The van der Waals surface area contributed by atoms with Crippen LogP contribution in [0.3, 0.4) is 0 Å². The van der Waals surface area contributed by atoms with Gasteiger partial charge in [-0.15, -0.1) is 0 Å². The number of nitrogens with zero attached hydrogens (tertiary/aromatic N) is 4. The Balaban J connectivity index is 1.35. The van der Waals surface area contributed by atoms with Crippen molar-refractivity contribution < 1.29 is 4.42 Å². The molecule has 0 atom stereocenters. The molecule has 7 aromatic rings. The Bertz CT molecular complexity index is 1860. The minimum atomic E-state index is 0.175. The van der Waals surface area contributed by atoms with Crippen LogP contribution in [0.4, 0.5) is 0 Å². The van der Waals surface area contributed by atoms with E-state index in [2.05, 4.69) is 34.2 Å². The average Bonchev–Trinajstić information content (AvgIpc) is 3.36. The molecule has 0 N–H and O–H groups in total. The van der Waals surface area contributed by atoms with Crippen LogP contribution in [0.15, 0.2) is 120 Å². The van der Waals surface area contributed by atoms with E-state index >= 15 is 0 Å². The zero-order chi connectivity index (χ0) is 25.5. The van der Waals surface area contributed by atoms with Crippen LogP contribution in [-0.4, -0.2) is 19.9 Å². The van der Waals surface area contributed by atoms with Crippen LogP contribution in [-0.2, 0) is 0 Å². The third kappa shape index (κ3) is 3.99. The summed E-state index contributed by atoms with van der Waals surface area (Å²) in [5, 5.41) is 1.08. The molecule has 0 saturated heterocycles. The van der Waals surface area contributed by atoms with Gasteiger partial charge in [-0.25, -0.2) is 19.9 Å². The van der Waals surface area contributed by atoms with Gasteiger partial charge in [0.1, 0.15) is 16.8 Å². The molecule has 0 aliphatic rings. The lowest BCUT2D eigenvalue weighted by Crippen LogP contribution is -1.96. The second kappa shape index (κ2) is 9.21. The summed E-state index contributed by atoms with van der Waals surface area (Å²) in [4.78, 5) is 18.8. The number of fused-ring (bicyclic) bond motifs is 3. The summed E-state index contributed by atoms with van der Waals surface area (Å²) < 4.78 is 6.13. The molecule has 38 heavy (non-hydrogen) atoms. The molecule has 0 fully saturated rings. The van der Waals surface area contributed by atoms with E-state index in [0.29, 0.717) is 22.6 Å². The van der Waals surface area contributed by atoms with Crippen LogP contribution in [0.1, 0.15) is 0 Å². The van der Waals surface area contributed by atoms with Gasteiger partial charge in [-0.2, -0.15) is 0 Å². The summed E-state index contributed by atoms with van der Waals surface area (Å²) in [7, 11) is 0. The maximum atomic E-state index is 6.33. The Labute approximate surface area is 223 Å². The summed E-state index contributed by atoms with van der Waals surface area (Å²) >= 11 is 6.33. The Morgan fingerprint density at radius 1 is 0.526 bits per heavy atom. The van der Waals surface area contributed by atoms with Gasteiger partial charge in [0, 0.05) is 27.6 Å². The average molecular weight is 511 g/mol. The molecule has 0 radical (unpaired) electrons. The van der Waals surface area contributed by atoms with Crippen molar-refractivity contribution in [3.05, 3.63) is 121 Å². The molecule has 3 aromatic heterocycles. The molecule has 7 rings (SSSR count). The fourth-order valence-electron chi connectivity index (χ4n) is 4.63. The van der Waals surface area contributed by atoms with Crippen molar-refractivity contribution in [3.63, 3.8) is 0 Å². The van der Waals surface area contributed by atoms with Crippen LogP contribution in [0.5, 0.6) is 0 Å². The van der Waals surface area contributed by atoms with Crippen LogP contribution in [0, 0.1) is 0 Å². The van der Waals surface area contributed by atoms with Crippen LogP contribution >= 0.6 is 11.6 Å². The highest BCUT2D eigenvalue weighted by atomic mass is 35.5. The lowest BCUT2D eigenvalue weighted by molar-refractivity contribution is 0.667. The highest BCUT2D eigenvalue weighted by molar-refractivity contribution is 6.29. The Kier molecular flexibility index (Phi) is 5.42. The first kappa shape index (κ1) is 22.3. The smallest absolute Gasteiger partial charge is 0.223 e. The lowest BCUT2D eigenvalue weighted by Gasteiger charge is -2.10. The van der Waals surface area contributed by atoms with Gasteiger partial charge < -0.3 is 4.42 Å². The maximum absolute atomic E-state index is 6.33. The quantitative estimate of drug-likeness (QED) is 0.222. The van der Waals surface area contributed by atoms with Crippen LogP contribution in [0.25, 0.3) is 67.2 Å². The molecule has 0 bridgehead atoms. The minimum Gasteiger partial charge on any atom is -0.452 e. The van der Waals surface area contributed by atoms with E-state index in [4.69, 9.17) is 26.0 Å². The molecule has 0 spiro atoms. The topological polar surface area (TPSA) is 64.7 Å². The first-order valence-electron chi connectivity index (χ1n) is 12.2. The maximum Gasteiger partial charge on any atom is 0.223 e. The molecular weight excluding hydrogens is 492 g/mol. The molecule has 5 nitrogen and oxygen atoms in total. The monoisotopic (exact) mass is 510 g/mol. The third-order valence-electron chi connectivity index (χ3n) is 6.47. The summed E-state index contributed by atoms with van der Waals surface area (Å²) in [6.07, 6.45) is 0. The Hall–Kier alpha value is -4.87. The summed E-state index contributed by atoms with van der Waals surface area (Å²) in [6.45, 7) is 0. The molecule has 180 valence electrons. The summed E-state index contributed by atoms with van der Waals surface area (Å²) in [5.41, 5.74) is 8.26. The highest BCUT2D eigenvalue weighted by Gasteiger charge is 2.17.